The molecule has 1 unspecified atom stereocenters. The Morgan fingerprint density at radius 1 is 1.00 bits per heavy atom. The number of aromatic nitrogens is 2. The van der Waals surface area contributed by atoms with Crippen LogP contribution < -0.4 is 16.0 Å². The molecule has 2 aliphatic heterocycles. The standard InChI is InChI=1S/C28H33F3N6O2/c29-28(30,31)21-7-11-33-25(15-21)36-12-8-19(9-13-36)27(39)37-14-10-23(17-37)35-22-4-1-18(2-5-22)24-6-3-20(16-34-24)26(32)38/h1,3,6-7,11,15-16,19,22-23,35H,2,4-5,8-10,12-14,17H2,(H2,32,38)/t22?,23-/m0/s1. The van der Waals surface area contributed by atoms with Gasteiger partial charge in [0, 0.05) is 56.6 Å². The fourth-order valence-electron chi connectivity index (χ4n) is 5.76. The van der Waals surface area contributed by atoms with Crippen molar-refractivity contribution in [1.29, 1.82) is 0 Å². The summed E-state index contributed by atoms with van der Waals surface area (Å²) in [5.41, 5.74) is 7.01. The number of allylic oxidation sites excluding steroid dienone is 1. The molecule has 39 heavy (non-hydrogen) atoms. The summed E-state index contributed by atoms with van der Waals surface area (Å²) in [4.78, 5) is 36.7. The number of amides is 2. The fourth-order valence-corrected chi connectivity index (χ4v) is 5.76. The Bertz CT molecular complexity index is 1220. The van der Waals surface area contributed by atoms with E-state index in [0.29, 0.717) is 49.9 Å². The minimum atomic E-state index is -4.40. The van der Waals surface area contributed by atoms with E-state index in [9.17, 15) is 22.8 Å². The van der Waals surface area contributed by atoms with Gasteiger partial charge < -0.3 is 20.9 Å². The lowest BCUT2D eigenvalue weighted by Crippen LogP contribution is -2.44. The van der Waals surface area contributed by atoms with Crippen molar-refractivity contribution in [2.45, 2.75) is 56.8 Å². The maximum absolute atomic E-state index is 13.2. The lowest BCUT2D eigenvalue weighted by atomic mass is 9.92. The summed E-state index contributed by atoms with van der Waals surface area (Å²) in [5, 5.41) is 3.72. The maximum Gasteiger partial charge on any atom is 0.416 e. The van der Waals surface area contributed by atoms with Gasteiger partial charge in [0.15, 0.2) is 0 Å². The van der Waals surface area contributed by atoms with Gasteiger partial charge >= 0.3 is 6.18 Å². The smallest absolute Gasteiger partial charge is 0.366 e. The number of hydrogen-bond donors (Lipinski definition) is 2. The first kappa shape index (κ1) is 27.1. The molecule has 2 saturated heterocycles. The van der Waals surface area contributed by atoms with Crippen molar-refractivity contribution in [2.24, 2.45) is 11.7 Å². The predicted octanol–water partition coefficient (Wildman–Crippen LogP) is 3.64. The van der Waals surface area contributed by atoms with E-state index in [-0.39, 0.29) is 17.9 Å². The monoisotopic (exact) mass is 542 g/mol. The molecular weight excluding hydrogens is 509 g/mol. The van der Waals surface area contributed by atoms with E-state index in [1.807, 2.05) is 15.9 Å². The molecule has 2 amide bonds. The van der Waals surface area contributed by atoms with Gasteiger partial charge in [-0.15, -0.1) is 0 Å². The summed E-state index contributed by atoms with van der Waals surface area (Å²) in [5.74, 6) is -0.145. The summed E-state index contributed by atoms with van der Waals surface area (Å²) < 4.78 is 39.2. The van der Waals surface area contributed by atoms with Gasteiger partial charge in [-0.1, -0.05) is 6.08 Å². The van der Waals surface area contributed by atoms with Crippen LogP contribution in [0.5, 0.6) is 0 Å². The molecule has 11 heteroatoms. The number of anilines is 1. The highest BCUT2D eigenvalue weighted by Gasteiger charge is 2.35. The molecule has 0 radical (unpaired) electrons. The Morgan fingerprint density at radius 3 is 2.44 bits per heavy atom. The fraction of sp³-hybridized carbons (Fsp3) is 0.500. The Labute approximate surface area is 225 Å². The molecule has 0 saturated carbocycles. The second kappa shape index (κ2) is 11.3. The molecule has 0 aromatic carbocycles. The molecule has 8 nitrogen and oxygen atoms in total. The lowest BCUT2D eigenvalue weighted by molar-refractivity contribution is -0.137. The number of hydrogen-bond acceptors (Lipinski definition) is 6. The van der Waals surface area contributed by atoms with Crippen LogP contribution in [-0.2, 0) is 11.0 Å². The first-order valence-electron chi connectivity index (χ1n) is 13.5. The second-order valence-corrected chi connectivity index (χ2v) is 10.6. The molecule has 4 heterocycles. The Hall–Kier alpha value is -3.47. The number of nitrogens with two attached hydrogens (primary N) is 1. The van der Waals surface area contributed by atoms with Gasteiger partial charge in [-0.25, -0.2) is 4.98 Å². The van der Waals surface area contributed by atoms with Crippen LogP contribution in [0.25, 0.3) is 5.57 Å². The van der Waals surface area contributed by atoms with Gasteiger partial charge in [-0.05, 0) is 68.4 Å². The number of carbonyl (C=O) groups is 2. The summed E-state index contributed by atoms with van der Waals surface area (Å²) in [6.45, 7) is 2.42. The van der Waals surface area contributed by atoms with Crippen LogP contribution in [-0.4, -0.2) is 64.9 Å². The third kappa shape index (κ3) is 6.41. The van der Waals surface area contributed by atoms with Gasteiger partial charge in [0.05, 0.1) is 16.8 Å². The zero-order chi connectivity index (χ0) is 27.6. The SMILES string of the molecule is NC(=O)c1ccc(C2=CCC(N[C@H]3CCN(C(=O)C4CCN(c5cc(C(F)(F)F)ccn5)CC4)C3)CC2)nc1. The van der Waals surface area contributed by atoms with Crippen molar-refractivity contribution in [3.63, 3.8) is 0 Å². The van der Waals surface area contributed by atoms with E-state index < -0.39 is 17.6 Å². The zero-order valence-corrected chi connectivity index (χ0v) is 21.7. The van der Waals surface area contributed by atoms with Crippen LogP contribution in [0.1, 0.15) is 60.1 Å². The third-order valence-corrected chi connectivity index (χ3v) is 8.00. The van der Waals surface area contributed by atoms with Crippen molar-refractivity contribution in [2.75, 3.05) is 31.1 Å². The van der Waals surface area contributed by atoms with Crippen molar-refractivity contribution in [1.82, 2.24) is 20.2 Å². The number of carbonyl (C=O) groups excluding carboxylic acids is 2. The van der Waals surface area contributed by atoms with Crippen LogP contribution in [0.2, 0.25) is 0 Å². The molecule has 1 aliphatic carbocycles. The molecule has 5 rings (SSSR count). The van der Waals surface area contributed by atoms with Crippen LogP contribution >= 0.6 is 0 Å². The van der Waals surface area contributed by atoms with Crippen molar-refractivity contribution in [3.05, 3.63) is 59.6 Å². The molecule has 2 fully saturated rings. The number of halogens is 3. The summed E-state index contributed by atoms with van der Waals surface area (Å²) in [6, 6.07) is 6.17. The van der Waals surface area contributed by atoms with Crippen molar-refractivity contribution in [3.8, 4) is 0 Å². The summed E-state index contributed by atoms with van der Waals surface area (Å²) in [6.07, 6.45) is 5.34. The van der Waals surface area contributed by atoms with Crippen LogP contribution in [0.4, 0.5) is 19.0 Å². The highest BCUT2D eigenvalue weighted by Crippen LogP contribution is 2.32. The molecule has 2 aromatic rings. The van der Waals surface area contributed by atoms with E-state index in [4.69, 9.17) is 5.73 Å². The van der Waals surface area contributed by atoms with E-state index in [2.05, 4.69) is 21.4 Å². The lowest BCUT2D eigenvalue weighted by Gasteiger charge is -2.34. The number of nitrogens with zero attached hydrogens (tertiary/aromatic N) is 4. The number of pyridine rings is 2. The second-order valence-electron chi connectivity index (χ2n) is 10.6. The topological polar surface area (TPSA) is 104 Å². The van der Waals surface area contributed by atoms with E-state index in [1.54, 1.807) is 6.07 Å². The molecule has 2 atom stereocenters. The molecule has 2 aromatic heterocycles. The highest BCUT2D eigenvalue weighted by molar-refractivity contribution is 5.92. The molecule has 208 valence electrons. The average molecular weight is 543 g/mol. The quantitative estimate of drug-likeness (QED) is 0.578. The van der Waals surface area contributed by atoms with E-state index in [0.717, 1.165) is 50.1 Å². The predicted molar refractivity (Wildman–Crippen MR) is 141 cm³/mol. The normalized spacial score (nSPS) is 22.6. The first-order valence-corrected chi connectivity index (χ1v) is 13.5. The molecular formula is C28H33F3N6O2. The van der Waals surface area contributed by atoms with Gasteiger partial charge in [-0.2, -0.15) is 13.2 Å². The van der Waals surface area contributed by atoms with Crippen LogP contribution in [0.15, 0.2) is 42.7 Å². The molecule has 3 N–H and O–H groups in total. The largest absolute Gasteiger partial charge is 0.416 e. The van der Waals surface area contributed by atoms with Gasteiger partial charge in [-0.3, -0.25) is 14.6 Å². The Morgan fingerprint density at radius 2 is 1.79 bits per heavy atom. The van der Waals surface area contributed by atoms with E-state index in [1.165, 1.54) is 18.0 Å². The molecule has 0 bridgehead atoms. The minimum Gasteiger partial charge on any atom is -0.366 e. The van der Waals surface area contributed by atoms with Crippen molar-refractivity contribution >= 4 is 23.2 Å². The molecule has 0 spiro atoms. The summed E-state index contributed by atoms with van der Waals surface area (Å²) >= 11 is 0. The number of alkyl halides is 3. The third-order valence-electron chi connectivity index (χ3n) is 8.00. The number of rotatable bonds is 6. The first-order chi connectivity index (χ1) is 18.7. The minimum absolute atomic E-state index is 0.112. The zero-order valence-electron chi connectivity index (χ0n) is 21.7. The number of piperidine rings is 1. The van der Waals surface area contributed by atoms with Crippen LogP contribution in [0.3, 0.4) is 0 Å². The van der Waals surface area contributed by atoms with E-state index >= 15 is 0 Å². The Balaban J connectivity index is 1.08. The number of likely N-dealkylation sites (tertiary alicyclic amines) is 1. The average Bonchev–Trinajstić information content (AvgIpc) is 3.41. The van der Waals surface area contributed by atoms with Gasteiger partial charge in [0.2, 0.25) is 11.8 Å². The van der Waals surface area contributed by atoms with Crippen molar-refractivity contribution < 1.29 is 22.8 Å². The maximum atomic E-state index is 13.2. The van der Waals surface area contributed by atoms with Gasteiger partial charge in [0.25, 0.3) is 0 Å². The Kier molecular flexibility index (Phi) is 7.88. The van der Waals surface area contributed by atoms with Crippen LogP contribution in [0, 0.1) is 5.92 Å². The summed E-state index contributed by atoms with van der Waals surface area (Å²) in [7, 11) is 0. The van der Waals surface area contributed by atoms with Gasteiger partial charge in [0.1, 0.15) is 5.82 Å². The molecule has 3 aliphatic rings. The number of primary amides is 1. The number of nitrogens with one attached hydrogen (secondary N) is 1. The highest BCUT2D eigenvalue weighted by atomic mass is 19.4.